The first kappa shape index (κ1) is 16.3. The second kappa shape index (κ2) is 9.22. The molecular weight excluding hydrogens is 258 g/mol. The molecule has 1 rings (SSSR count). The zero-order chi connectivity index (χ0) is 14.8. The fourth-order valence-electron chi connectivity index (χ4n) is 1.42. The van der Waals surface area contributed by atoms with Crippen LogP contribution in [0.2, 0.25) is 0 Å². The van der Waals surface area contributed by atoms with E-state index in [0.29, 0.717) is 31.3 Å². The van der Waals surface area contributed by atoms with E-state index >= 15 is 0 Å². The zero-order valence-electron chi connectivity index (χ0n) is 12.3. The van der Waals surface area contributed by atoms with Crippen molar-refractivity contribution in [3.8, 4) is 0 Å². The molecule has 0 aliphatic carbocycles. The van der Waals surface area contributed by atoms with E-state index < -0.39 is 0 Å². The van der Waals surface area contributed by atoms with E-state index in [4.69, 9.17) is 4.74 Å². The van der Waals surface area contributed by atoms with Gasteiger partial charge in [-0.3, -0.25) is 9.78 Å². The van der Waals surface area contributed by atoms with Gasteiger partial charge in [-0.05, 0) is 21.0 Å². The minimum atomic E-state index is -0.242. The molecule has 0 spiro atoms. The molecule has 112 valence electrons. The van der Waals surface area contributed by atoms with Crippen molar-refractivity contribution in [3.63, 3.8) is 0 Å². The highest BCUT2D eigenvalue weighted by Gasteiger charge is 2.07. The van der Waals surface area contributed by atoms with E-state index in [-0.39, 0.29) is 5.91 Å². The smallest absolute Gasteiger partial charge is 0.271 e. The highest BCUT2D eigenvalue weighted by molar-refractivity contribution is 5.92. The van der Waals surface area contributed by atoms with Gasteiger partial charge in [-0.25, -0.2) is 4.98 Å². The number of hydrogen-bond donors (Lipinski definition) is 2. The van der Waals surface area contributed by atoms with E-state index in [0.717, 1.165) is 13.1 Å². The van der Waals surface area contributed by atoms with Crippen LogP contribution in [0.25, 0.3) is 0 Å². The van der Waals surface area contributed by atoms with Crippen molar-refractivity contribution in [2.24, 2.45) is 0 Å². The normalized spacial score (nSPS) is 10.6. The summed E-state index contributed by atoms with van der Waals surface area (Å²) in [6.07, 6.45) is 3.04. The third-order valence-electron chi connectivity index (χ3n) is 2.44. The molecule has 0 fully saturated rings. The van der Waals surface area contributed by atoms with Gasteiger partial charge in [0.05, 0.1) is 25.6 Å². The lowest BCUT2D eigenvalue weighted by molar-refractivity contribution is 0.0895. The van der Waals surface area contributed by atoms with Crippen LogP contribution < -0.4 is 10.6 Å². The third kappa shape index (κ3) is 6.44. The van der Waals surface area contributed by atoms with E-state index in [1.807, 2.05) is 25.9 Å². The van der Waals surface area contributed by atoms with Crippen molar-refractivity contribution >= 4 is 11.7 Å². The summed E-state index contributed by atoms with van der Waals surface area (Å²) in [5, 5.41) is 5.76. The Morgan fingerprint density at radius 2 is 2.15 bits per heavy atom. The topological polar surface area (TPSA) is 79.4 Å². The number of carbonyl (C=O) groups is 1. The number of rotatable bonds is 9. The molecule has 0 aliphatic rings. The molecule has 1 aromatic heterocycles. The Labute approximate surface area is 119 Å². The van der Waals surface area contributed by atoms with Crippen LogP contribution in [-0.2, 0) is 4.74 Å². The summed E-state index contributed by atoms with van der Waals surface area (Å²) in [4.78, 5) is 22.0. The Bertz CT molecular complexity index is 412. The van der Waals surface area contributed by atoms with E-state index in [1.54, 1.807) is 6.20 Å². The molecule has 0 unspecified atom stereocenters. The lowest BCUT2D eigenvalue weighted by Crippen LogP contribution is -2.29. The predicted octanol–water partition coefficient (Wildman–Crippen LogP) is 0.216. The Morgan fingerprint density at radius 1 is 1.35 bits per heavy atom. The first-order valence-corrected chi connectivity index (χ1v) is 6.70. The molecule has 0 radical (unpaired) electrons. The monoisotopic (exact) mass is 281 g/mol. The summed E-state index contributed by atoms with van der Waals surface area (Å²) in [5.41, 5.74) is 0.303. The van der Waals surface area contributed by atoms with Gasteiger partial charge >= 0.3 is 0 Å². The van der Waals surface area contributed by atoms with Crippen LogP contribution in [0.5, 0.6) is 0 Å². The zero-order valence-corrected chi connectivity index (χ0v) is 12.3. The van der Waals surface area contributed by atoms with Gasteiger partial charge < -0.3 is 20.3 Å². The van der Waals surface area contributed by atoms with Gasteiger partial charge in [0.2, 0.25) is 0 Å². The number of ether oxygens (including phenoxy) is 1. The molecule has 1 heterocycles. The van der Waals surface area contributed by atoms with Gasteiger partial charge in [-0.15, -0.1) is 0 Å². The number of anilines is 1. The maximum Gasteiger partial charge on any atom is 0.271 e. The number of nitrogens with zero attached hydrogens (tertiary/aromatic N) is 3. The minimum absolute atomic E-state index is 0.242. The number of amides is 1. The molecule has 0 bridgehead atoms. The molecule has 1 aromatic rings. The molecule has 7 nitrogen and oxygen atoms in total. The van der Waals surface area contributed by atoms with Crippen LogP contribution in [0.1, 0.15) is 17.4 Å². The maximum absolute atomic E-state index is 11.8. The summed E-state index contributed by atoms with van der Waals surface area (Å²) in [5.74, 6) is 0.357. The summed E-state index contributed by atoms with van der Waals surface area (Å²) in [6, 6.07) is 0. The van der Waals surface area contributed by atoms with Crippen LogP contribution in [0.4, 0.5) is 5.82 Å². The molecule has 0 saturated heterocycles. The van der Waals surface area contributed by atoms with Crippen LogP contribution in [0.3, 0.4) is 0 Å². The predicted molar refractivity (Wildman–Crippen MR) is 77.9 cm³/mol. The Morgan fingerprint density at radius 3 is 2.85 bits per heavy atom. The van der Waals surface area contributed by atoms with Crippen molar-refractivity contribution in [1.82, 2.24) is 20.2 Å². The second-order valence-electron chi connectivity index (χ2n) is 4.49. The molecule has 0 aliphatic heterocycles. The first-order chi connectivity index (χ1) is 9.63. The number of aromatic nitrogens is 2. The van der Waals surface area contributed by atoms with Gasteiger partial charge in [0, 0.05) is 19.6 Å². The molecule has 1 amide bonds. The van der Waals surface area contributed by atoms with Crippen molar-refractivity contribution in [2.45, 2.75) is 6.92 Å². The van der Waals surface area contributed by atoms with Crippen molar-refractivity contribution in [1.29, 1.82) is 0 Å². The highest BCUT2D eigenvalue weighted by atomic mass is 16.5. The summed E-state index contributed by atoms with van der Waals surface area (Å²) < 4.78 is 5.39. The SMILES string of the molecule is CCNc1cncc(C(=O)NCCOCCN(C)C)n1. The highest BCUT2D eigenvalue weighted by Crippen LogP contribution is 2.01. The number of likely N-dealkylation sites (N-methyl/N-ethyl adjacent to an activating group) is 1. The molecule has 7 heteroatoms. The summed E-state index contributed by atoms with van der Waals surface area (Å²) in [7, 11) is 3.97. The maximum atomic E-state index is 11.8. The summed E-state index contributed by atoms with van der Waals surface area (Å²) in [6.45, 7) is 5.15. The molecular formula is C13H23N5O2. The summed E-state index contributed by atoms with van der Waals surface area (Å²) >= 11 is 0. The van der Waals surface area contributed by atoms with Crippen LogP contribution in [-0.4, -0.2) is 67.7 Å². The lowest BCUT2D eigenvalue weighted by Gasteiger charge is -2.10. The lowest BCUT2D eigenvalue weighted by atomic mass is 10.4. The Kier molecular flexibility index (Phi) is 7.52. The Hall–Kier alpha value is -1.73. The number of hydrogen-bond acceptors (Lipinski definition) is 6. The van der Waals surface area contributed by atoms with Gasteiger partial charge in [-0.1, -0.05) is 0 Å². The van der Waals surface area contributed by atoms with Crippen LogP contribution in [0, 0.1) is 0 Å². The van der Waals surface area contributed by atoms with Crippen LogP contribution in [0.15, 0.2) is 12.4 Å². The number of nitrogens with one attached hydrogen (secondary N) is 2. The standard InChI is InChI=1S/C13H23N5O2/c1-4-15-12-10-14-9-11(17-12)13(19)16-5-7-20-8-6-18(2)3/h9-10H,4-8H2,1-3H3,(H,15,17)(H,16,19). The molecule has 0 saturated carbocycles. The van der Waals surface area contributed by atoms with E-state index in [1.165, 1.54) is 6.20 Å². The average Bonchev–Trinajstić information content (AvgIpc) is 2.43. The minimum Gasteiger partial charge on any atom is -0.378 e. The van der Waals surface area contributed by atoms with Crippen molar-refractivity contribution in [3.05, 3.63) is 18.1 Å². The van der Waals surface area contributed by atoms with Gasteiger partial charge in [0.15, 0.2) is 0 Å². The van der Waals surface area contributed by atoms with E-state index in [2.05, 4.69) is 20.6 Å². The molecule has 0 atom stereocenters. The van der Waals surface area contributed by atoms with Crippen molar-refractivity contribution in [2.75, 3.05) is 52.3 Å². The molecule has 20 heavy (non-hydrogen) atoms. The fourth-order valence-corrected chi connectivity index (χ4v) is 1.42. The molecule has 2 N–H and O–H groups in total. The first-order valence-electron chi connectivity index (χ1n) is 6.70. The van der Waals surface area contributed by atoms with Gasteiger partial charge in [0.25, 0.3) is 5.91 Å². The fraction of sp³-hybridized carbons (Fsp3) is 0.615. The van der Waals surface area contributed by atoms with Gasteiger partial charge in [0.1, 0.15) is 11.5 Å². The molecule has 0 aromatic carbocycles. The van der Waals surface area contributed by atoms with Gasteiger partial charge in [-0.2, -0.15) is 0 Å². The van der Waals surface area contributed by atoms with Crippen LogP contribution >= 0.6 is 0 Å². The Balaban J connectivity index is 2.27. The largest absolute Gasteiger partial charge is 0.378 e. The van der Waals surface area contributed by atoms with Crippen molar-refractivity contribution < 1.29 is 9.53 Å². The average molecular weight is 281 g/mol. The second-order valence-corrected chi connectivity index (χ2v) is 4.49. The van der Waals surface area contributed by atoms with E-state index in [9.17, 15) is 4.79 Å². The number of carbonyl (C=O) groups excluding carboxylic acids is 1. The quantitative estimate of drug-likeness (QED) is 0.630. The third-order valence-corrected chi connectivity index (χ3v) is 2.44.